The number of benzene rings is 1. The minimum atomic E-state index is -3.52. The molecule has 0 unspecified atom stereocenters. The molecule has 1 aromatic carbocycles. The summed E-state index contributed by atoms with van der Waals surface area (Å²) in [6.07, 6.45) is 3.11. The monoisotopic (exact) mass is 335 g/mol. The molecule has 2 aromatic rings. The van der Waals surface area contributed by atoms with Crippen molar-refractivity contribution in [3.8, 4) is 0 Å². The van der Waals surface area contributed by atoms with Crippen LogP contribution in [0.5, 0.6) is 0 Å². The Morgan fingerprint density at radius 2 is 1.91 bits per heavy atom. The van der Waals surface area contributed by atoms with E-state index in [9.17, 15) is 8.42 Å². The second kappa shape index (κ2) is 6.07. The van der Waals surface area contributed by atoms with E-state index in [0.717, 1.165) is 11.1 Å². The van der Waals surface area contributed by atoms with Crippen LogP contribution in [0.25, 0.3) is 0 Å². The standard InChI is InChI=1S/C16H21N3O3S/c1-12-4-6-15(7-5-12)23(20,21)19-9-13(2)22-16(11-19)14-8-17-18(3)10-14/h4-8,10,13,16H,9,11H2,1-3H3/t13-,16-/m1/s1. The summed E-state index contributed by atoms with van der Waals surface area (Å²) >= 11 is 0. The van der Waals surface area contributed by atoms with Crippen LogP contribution < -0.4 is 0 Å². The number of aryl methyl sites for hydroxylation is 2. The summed E-state index contributed by atoms with van der Waals surface area (Å²) in [6.45, 7) is 4.48. The number of hydrogen-bond donors (Lipinski definition) is 0. The van der Waals surface area contributed by atoms with Crippen molar-refractivity contribution in [3.63, 3.8) is 0 Å². The van der Waals surface area contributed by atoms with E-state index in [4.69, 9.17) is 4.74 Å². The van der Waals surface area contributed by atoms with Gasteiger partial charge in [0.05, 0.1) is 23.3 Å². The van der Waals surface area contributed by atoms with Gasteiger partial charge in [0, 0.05) is 31.9 Å². The number of hydrogen-bond acceptors (Lipinski definition) is 4. The molecule has 0 spiro atoms. The van der Waals surface area contributed by atoms with Gasteiger partial charge in [0.2, 0.25) is 10.0 Å². The van der Waals surface area contributed by atoms with Crippen molar-refractivity contribution in [2.75, 3.05) is 13.1 Å². The lowest BCUT2D eigenvalue weighted by Gasteiger charge is -2.35. The first-order chi connectivity index (χ1) is 10.9. The minimum absolute atomic E-state index is 0.172. The van der Waals surface area contributed by atoms with E-state index >= 15 is 0 Å². The zero-order valence-corrected chi connectivity index (χ0v) is 14.3. The van der Waals surface area contributed by atoms with Crippen LogP contribution in [0.1, 0.15) is 24.2 Å². The SMILES string of the molecule is Cc1ccc(S(=O)(=O)N2C[C@@H](C)O[C@@H](c3cnn(C)c3)C2)cc1. The van der Waals surface area contributed by atoms with Crippen LogP contribution in [0.4, 0.5) is 0 Å². The first-order valence-electron chi connectivity index (χ1n) is 7.57. The molecular weight excluding hydrogens is 314 g/mol. The van der Waals surface area contributed by atoms with Crippen molar-refractivity contribution in [1.29, 1.82) is 0 Å². The van der Waals surface area contributed by atoms with E-state index in [0.29, 0.717) is 18.0 Å². The maximum atomic E-state index is 12.9. The summed E-state index contributed by atoms with van der Waals surface area (Å²) in [5, 5.41) is 4.14. The molecule has 0 saturated carbocycles. The third kappa shape index (κ3) is 3.31. The number of morpholine rings is 1. The Balaban J connectivity index is 1.87. The fraction of sp³-hybridized carbons (Fsp3) is 0.438. The smallest absolute Gasteiger partial charge is 0.243 e. The largest absolute Gasteiger partial charge is 0.368 e. The highest BCUT2D eigenvalue weighted by molar-refractivity contribution is 7.89. The van der Waals surface area contributed by atoms with Crippen molar-refractivity contribution in [2.45, 2.75) is 31.0 Å². The molecule has 1 saturated heterocycles. The molecule has 1 aromatic heterocycles. The molecule has 0 aliphatic carbocycles. The van der Waals surface area contributed by atoms with Gasteiger partial charge in [-0.25, -0.2) is 8.42 Å². The van der Waals surface area contributed by atoms with Gasteiger partial charge in [-0.1, -0.05) is 17.7 Å². The van der Waals surface area contributed by atoms with Crippen LogP contribution in [0, 0.1) is 6.92 Å². The second-order valence-corrected chi connectivity index (χ2v) is 7.96. The van der Waals surface area contributed by atoms with Gasteiger partial charge >= 0.3 is 0 Å². The molecule has 1 fully saturated rings. The lowest BCUT2D eigenvalue weighted by Crippen LogP contribution is -2.45. The van der Waals surface area contributed by atoms with Crippen LogP contribution in [-0.2, 0) is 21.8 Å². The summed E-state index contributed by atoms with van der Waals surface area (Å²) in [6, 6.07) is 6.94. The molecule has 1 aliphatic heterocycles. The number of sulfonamides is 1. The van der Waals surface area contributed by atoms with Crippen LogP contribution >= 0.6 is 0 Å². The normalized spacial score (nSPS) is 23.1. The minimum Gasteiger partial charge on any atom is -0.368 e. The fourth-order valence-electron chi connectivity index (χ4n) is 2.76. The molecule has 0 amide bonds. The van der Waals surface area contributed by atoms with E-state index < -0.39 is 10.0 Å². The highest BCUT2D eigenvalue weighted by Gasteiger charge is 2.34. The van der Waals surface area contributed by atoms with Gasteiger partial charge in [0.15, 0.2) is 0 Å². The van der Waals surface area contributed by atoms with Gasteiger partial charge in [-0.3, -0.25) is 4.68 Å². The van der Waals surface area contributed by atoms with Crippen LogP contribution in [0.3, 0.4) is 0 Å². The highest BCUT2D eigenvalue weighted by atomic mass is 32.2. The van der Waals surface area contributed by atoms with Gasteiger partial charge < -0.3 is 4.74 Å². The fourth-order valence-corrected chi connectivity index (χ4v) is 4.27. The molecule has 6 nitrogen and oxygen atoms in total. The van der Waals surface area contributed by atoms with E-state index in [1.807, 2.05) is 39.2 Å². The second-order valence-electron chi connectivity index (χ2n) is 6.02. The molecule has 3 rings (SSSR count). The molecule has 2 atom stereocenters. The Hall–Kier alpha value is -1.70. The summed E-state index contributed by atoms with van der Waals surface area (Å²) < 4.78 is 34.9. The predicted octanol–water partition coefficient (Wildman–Crippen LogP) is 1.88. The topological polar surface area (TPSA) is 64.4 Å². The first-order valence-corrected chi connectivity index (χ1v) is 9.01. The van der Waals surface area contributed by atoms with Gasteiger partial charge in [-0.2, -0.15) is 9.40 Å². The molecule has 2 heterocycles. The number of rotatable bonds is 3. The molecule has 7 heteroatoms. The molecule has 0 radical (unpaired) electrons. The van der Waals surface area contributed by atoms with E-state index in [2.05, 4.69) is 5.10 Å². The molecule has 0 bridgehead atoms. The number of aromatic nitrogens is 2. The summed E-state index contributed by atoms with van der Waals surface area (Å²) in [7, 11) is -1.69. The highest BCUT2D eigenvalue weighted by Crippen LogP contribution is 2.28. The maximum absolute atomic E-state index is 12.9. The first kappa shape index (κ1) is 16.2. The lowest BCUT2D eigenvalue weighted by molar-refractivity contribution is -0.0557. The Bertz CT molecular complexity index is 783. The van der Waals surface area contributed by atoms with E-state index in [-0.39, 0.29) is 12.2 Å². The molecule has 124 valence electrons. The zero-order chi connectivity index (χ0) is 16.6. The number of nitrogens with zero attached hydrogens (tertiary/aromatic N) is 3. The van der Waals surface area contributed by atoms with Gasteiger partial charge in [-0.05, 0) is 26.0 Å². The average molecular weight is 335 g/mol. The summed E-state index contributed by atoms with van der Waals surface area (Å²) in [4.78, 5) is 0.321. The van der Waals surface area contributed by atoms with Crippen LogP contribution in [-0.4, -0.2) is 41.7 Å². The molecular formula is C16H21N3O3S. The summed E-state index contributed by atoms with van der Waals surface area (Å²) in [5.41, 5.74) is 1.93. The van der Waals surface area contributed by atoms with E-state index in [1.54, 1.807) is 23.0 Å². The summed E-state index contributed by atoms with van der Waals surface area (Å²) in [5.74, 6) is 0. The lowest BCUT2D eigenvalue weighted by atomic mass is 10.1. The number of ether oxygens (including phenoxy) is 1. The third-order valence-electron chi connectivity index (χ3n) is 3.98. The Morgan fingerprint density at radius 1 is 1.22 bits per heavy atom. The van der Waals surface area contributed by atoms with Crippen molar-refractivity contribution in [1.82, 2.24) is 14.1 Å². The zero-order valence-electron chi connectivity index (χ0n) is 13.5. The average Bonchev–Trinajstić information content (AvgIpc) is 2.94. The van der Waals surface area contributed by atoms with Gasteiger partial charge in [0.25, 0.3) is 0 Å². The quantitative estimate of drug-likeness (QED) is 0.859. The Labute approximate surface area is 136 Å². The Morgan fingerprint density at radius 3 is 2.52 bits per heavy atom. The van der Waals surface area contributed by atoms with Crippen molar-refractivity contribution in [3.05, 3.63) is 47.8 Å². The third-order valence-corrected chi connectivity index (χ3v) is 5.83. The van der Waals surface area contributed by atoms with Gasteiger partial charge in [0.1, 0.15) is 0 Å². The van der Waals surface area contributed by atoms with E-state index in [1.165, 1.54) is 4.31 Å². The predicted molar refractivity (Wildman–Crippen MR) is 86.4 cm³/mol. The molecule has 1 aliphatic rings. The van der Waals surface area contributed by atoms with Crippen LogP contribution in [0.15, 0.2) is 41.6 Å². The maximum Gasteiger partial charge on any atom is 0.243 e. The van der Waals surface area contributed by atoms with Crippen LogP contribution in [0.2, 0.25) is 0 Å². The van der Waals surface area contributed by atoms with Gasteiger partial charge in [-0.15, -0.1) is 0 Å². The van der Waals surface area contributed by atoms with Crippen molar-refractivity contribution < 1.29 is 13.2 Å². The van der Waals surface area contributed by atoms with Crippen molar-refractivity contribution in [2.24, 2.45) is 7.05 Å². The molecule has 0 N–H and O–H groups in total. The molecule has 23 heavy (non-hydrogen) atoms. The Kier molecular flexibility index (Phi) is 4.27. The van der Waals surface area contributed by atoms with Crippen molar-refractivity contribution >= 4 is 10.0 Å².